The molecule has 1 N–H and O–H groups in total. The van der Waals surface area contributed by atoms with Crippen LogP contribution in [0.1, 0.15) is 31.2 Å². The third kappa shape index (κ3) is 2.05. The van der Waals surface area contributed by atoms with Crippen LogP contribution in [0.15, 0.2) is 30.3 Å². The van der Waals surface area contributed by atoms with Gasteiger partial charge in [-0.05, 0) is 43.1 Å². The van der Waals surface area contributed by atoms with E-state index in [1.165, 1.54) is 31.2 Å². The number of hydrogen-bond acceptors (Lipinski definition) is 2. The minimum Gasteiger partial charge on any atom is -0.325 e. The molecule has 1 aromatic rings. The molecule has 106 valence electrons. The van der Waals surface area contributed by atoms with Gasteiger partial charge >= 0.3 is 0 Å². The van der Waals surface area contributed by atoms with E-state index in [0.717, 1.165) is 24.9 Å². The van der Waals surface area contributed by atoms with E-state index in [1.54, 1.807) is 0 Å². The largest absolute Gasteiger partial charge is 0.325 e. The summed E-state index contributed by atoms with van der Waals surface area (Å²) in [4.78, 5) is 14.8. The molecule has 2 bridgehead atoms. The van der Waals surface area contributed by atoms with Crippen LogP contribution in [0, 0.1) is 11.8 Å². The minimum atomic E-state index is -0.0171. The van der Waals surface area contributed by atoms with Gasteiger partial charge in [0.05, 0.1) is 12.7 Å². The third-order valence-electron chi connectivity index (χ3n) is 5.47. The molecule has 4 atom stereocenters. The molecule has 0 spiro atoms. The number of amides is 1. The molecule has 1 amide bonds. The second-order valence-electron chi connectivity index (χ2n) is 6.65. The van der Waals surface area contributed by atoms with Crippen molar-refractivity contribution in [1.29, 1.82) is 0 Å². The number of rotatable bonds is 3. The maximum absolute atomic E-state index is 12.6. The molecule has 1 aliphatic heterocycles. The first-order valence-electron chi connectivity index (χ1n) is 7.89. The van der Waals surface area contributed by atoms with Crippen LogP contribution in [0.5, 0.6) is 0 Å². The van der Waals surface area contributed by atoms with E-state index in [2.05, 4.69) is 22.3 Å². The van der Waals surface area contributed by atoms with Gasteiger partial charge in [0.25, 0.3) is 0 Å². The van der Waals surface area contributed by atoms with Crippen LogP contribution in [0.3, 0.4) is 0 Å². The summed E-state index contributed by atoms with van der Waals surface area (Å²) in [6.07, 6.45) is 6.15. The zero-order chi connectivity index (χ0) is 13.5. The van der Waals surface area contributed by atoms with E-state index in [-0.39, 0.29) is 6.04 Å². The SMILES string of the molecule is O=C1C(Cc2ccccc2)NCN1C1CC2CCC1C2. The summed E-state index contributed by atoms with van der Waals surface area (Å²) in [6, 6.07) is 10.8. The number of nitrogens with one attached hydrogen (secondary N) is 1. The molecule has 3 nitrogen and oxygen atoms in total. The molecule has 20 heavy (non-hydrogen) atoms. The zero-order valence-corrected chi connectivity index (χ0v) is 11.8. The van der Waals surface area contributed by atoms with Crippen molar-refractivity contribution in [2.45, 2.75) is 44.2 Å². The quantitative estimate of drug-likeness (QED) is 0.913. The second kappa shape index (κ2) is 4.88. The van der Waals surface area contributed by atoms with Crippen molar-refractivity contribution in [1.82, 2.24) is 10.2 Å². The fourth-order valence-corrected chi connectivity index (χ4v) is 4.46. The van der Waals surface area contributed by atoms with Crippen molar-refractivity contribution in [3.8, 4) is 0 Å². The number of hydrogen-bond donors (Lipinski definition) is 1. The Kier molecular flexibility index (Phi) is 3.03. The smallest absolute Gasteiger partial charge is 0.241 e. The average Bonchev–Trinajstić information content (AvgIpc) is 3.17. The fraction of sp³-hybridized carbons (Fsp3) is 0.588. The van der Waals surface area contributed by atoms with Crippen LogP contribution in [0.25, 0.3) is 0 Å². The molecular formula is C17H22N2O. The van der Waals surface area contributed by atoms with Gasteiger partial charge in [-0.1, -0.05) is 36.8 Å². The Morgan fingerprint density at radius 1 is 1.15 bits per heavy atom. The summed E-state index contributed by atoms with van der Waals surface area (Å²) in [5, 5.41) is 3.42. The van der Waals surface area contributed by atoms with Gasteiger partial charge in [0.2, 0.25) is 5.91 Å². The van der Waals surface area contributed by atoms with Gasteiger partial charge in [-0.15, -0.1) is 0 Å². The Bertz CT molecular complexity index is 501. The standard InChI is InChI=1S/C17H22N2O/c20-17-15(9-12-4-2-1-3-5-12)18-11-19(17)16-10-13-6-7-14(16)8-13/h1-5,13-16,18H,6-11H2. The highest BCUT2D eigenvalue weighted by Gasteiger charge is 2.46. The molecule has 3 fully saturated rings. The van der Waals surface area contributed by atoms with Crippen LogP contribution in [-0.2, 0) is 11.2 Å². The summed E-state index contributed by atoms with van der Waals surface area (Å²) < 4.78 is 0. The van der Waals surface area contributed by atoms with E-state index in [4.69, 9.17) is 0 Å². The molecule has 3 aliphatic rings. The number of carbonyl (C=O) groups excluding carboxylic acids is 1. The molecular weight excluding hydrogens is 248 g/mol. The predicted molar refractivity (Wildman–Crippen MR) is 78.0 cm³/mol. The molecule has 4 rings (SSSR count). The minimum absolute atomic E-state index is 0.0171. The Balaban J connectivity index is 1.43. The molecule has 2 aliphatic carbocycles. The van der Waals surface area contributed by atoms with Crippen molar-refractivity contribution in [3.05, 3.63) is 35.9 Å². The van der Waals surface area contributed by atoms with Crippen molar-refractivity contribution in [2.24, 2.45) is 11.8 Å². The average molecular weight is 270 g/mol. The van der Waals surface area contributed by atoms with Crippen LogP contribution in [0.4, 0.5) is 0 Å². The maximum atomic E-state index is 12.6. The van der Waals surface area contributed by atoms with Crippen LogP contribution in [0.2, 0.25) is 0 Å². The first-order valence-corrected chi connectivity index (χ1v) is 7.89. The summed E-state index contributed by atoms with van der Waals surface area (Å²) in [7, 11) is 0. The summed E-state index contributed by atoms with van der Waals surface area (Å²) in [6.45, 7) is 0.754. The van der Waals surface area contributed by atoms with Crippen LogP contribution in [-0.4, -0.2) is 29.6 Å². The molecule has 1 saturated heterocycles. The van der Waals surface area contributed by atoms with E-state index in [1.807, 2.05) is 18.2 Å². The first-order chi connectivity index (χ1) is 9.81. The lowest BCUT2D eigenvalue weighted by molar-refractivity contribution is -0.131. The van der Waals surface area contributed by atoms with Crippen LogP contribution >= 0.6 is 0 Å². The van der Waals surface area contributed by atoms with E-state index in [9.17, 15) is 4.79 Å². The maximum Gasteiger partial charge on any atom is 0.241 e. The molecule has 1 aromatic carbocycles. The summed E-state index contributed by atoms with van der Waals surface area (Å²) in [5.74, 6) is 2.00. The molecule has 3 heteroatoms. The van der Waals surface area contributed by atoms with Crippen molar-refractivity contribution in [3.63, 3.8) is 0 Å². The monoisotopic (exact) mass is 270 g/mol. The summed E-state index contributed by atoms with van der Waals surface area (Å²) >= 11 is 0. The molecule has 1 heterocycles. The molecule has 4 unspecified atom stereocenters. The van der Waals surface area contributed by atoms with E-state index < -0.39 is 0 Å². The van der Waals surface area contributed by atoms with Gasteiger partial charge in [-0.25, -0.2) is 0 Å². The van der Waals surface area contributed by atoms with E-state index in [0.29, 0.717) is 11.9 Å². The lowest BCUT2D eigenvalue weighted by atomic mass is 9.94. The predicted octanol–water partition coefficient (Wildman–Crippen LogP) is 2.18. The van der Waals surface area contributed by atoms with Crippen LogP contribution < -0.4 is 5.32 Å². The zero-order valence-electron chi connectivity index (χ0n) is 11.8. The van der Waals surface area contributed by atoms with Crippen molar-refractivity contribution in [2.75, 3.05) is 6.67 Å². The molecule has 0 radical (unpaired) electrons. The lowest BCUT2D eigenvalue weighted by Crippen LogP contribution is -2.42. The highest BCUT2D eigenvalue weighted by Crippen LogP contribution is 2.47. The Labute approximate surface area is 120 Å². The van der Waals surface area contributed by atoms with E-state index >= 15 is 0 Å². The second-order valence-corrected chi connectivity index (χ2v) is 6.65. The topological polar surface area (TPSA) is 32.3 Å². The number of nitrogens with zero attached hydrogens (tertiary/aromatic N) is 1. The van der Waals surface area contributed by atoms with Gasteiger partial charge < -0.3 is 4.90 Å². The van der Waals surface area contributed by atoms with Gasteiger partial charge in [0.15, 0.2) is 0 Å². The third-order valence-corrected chi connectivity index (χ3v) is 5.47. The van der Waals surface area contributed by atoms with Gasteiger partial charge in [0, 0.05) is 6.04 Å². The molecule has 2 saturated carbocycles. The Hall–Kier alpha value is -1.35. The normalized spacial score (nSPS) is 36.0. The molecule has 0 aromatic heterocycles. The van der Waals surface area contributed by atoms with Gasteiger partial charge in [-0.2, -0.15) is 0 Å². The summed E-state index contributed by atoms with van der Waals surface area (Å²) in [5.41, 5.74) is 1.24. The van der Waals surface area contributed by atoms with Crippen molar-refractivity contribution < 1.29 is 4.79 Å². The van der Waals surface area contributed by atoms with Gasteiger partial charge in [-0.3, -0.25) is 10.1 Å². The number of benzene rings is 1. The highest BCUT2D eigenvalue weighted by molar-refractivity contribution is 5.84. The Morgan fingerprint density at radius 3 is 2.70 bits per heavy atom. The number of fused-ring (bicyclic) bond motifs is 2. The van der Waals surface area contributed by atoms with Gasteiger partial charge in [0.1, 0.15) is 0 Å². The highest BCUT2D eigenvalue weighted by atomic mass is 16.2. The number of carbonyl (C=O) groups is 1. The Morgan fingerprint density at radius 2 is 2.00 bits per heavy atom. The fourth-order valence-electron chi connectivity index (χ4n) is 4.46. The first kappa shape index (κ1) is 12.4. The van der Waals surface area contributed by atoms with Crippen molar-refractivity contribution >= 4 is 5.91 Å². The lowest BCUT2D eigenvalue weighted by Gasteiger charge is -2.30.